The standard InChI is InChI=1S/C25H18ClF2N3O4/c1-15(25(32)30-17-3-5-19(6-4-17)34-23(28)13-27)33-18-7-9-20(10-8-18)35-24-14-29-22-12-16(26)2-11-21(22)31-24/h2-15H,1H3,(H,30,32)/b23-13+. The van der Waals surface area contributed by atoms with Gasteiger partial charge in [-0.1, -0.05) is 11.6 Å². The summed E-state index contributed by atoms with van der Waals surface area (Å²) in [6.45, 7) is 1.59. The molecule has 1 N–H and O–H groups in total. The van der Waals surface area contributed by atoms with Gasteiger partial charge in [-0.25, -0.2) is 14.4 Å². The lowest BCUT2D eigenvalue weighted by atomic mass is 10.2. The number of amides is 1. The largest absolute Gasteiger partial charge is 0.481 e. The third kappa shape index (κ3) is 6.42. The molecular formula is C25H18ClF2N3O4. The Morgan fingerprint density at radius 2 is 1.69 bits per heavy atom. The third-order valence-electron chi connectivity index (χ3n) is 4.63. The number of ether oxygens (including phenoxy) is 3. The van der Waals surface area contributed by atoms with Crippen molar-refractivity contribution < 1.29 is 27.8 Å². The van der Waals surface area contributed by atoms with E-state index in [2.05, 4.69) is 20.0 Å². The minimum absolute atomic E-state index is 0.0834. The molecule has 0 aliphatic rings. The second-order valence-corrected chi connectivity index (χ2v) is 7.64. The van der Waals surface area contributed by atoms with Crippen molar-refractivity contribution in [3.63, 3.8) is 0 Å². The highest BCUT2D eigenvalue weighted by Gasteiger charge is 2.15. The summed E-state index contributed by atoms with van der Waals surface area (Å²) < 4.78 is 40.8. The van der Waals surface area contributed by atoms with Gasteiger partial charge in [0.05, 0.1) is 17.2 Å². The number of aromatic nitrogens is 2. The van der Waals surface area contributed by atoms with Crippen LogP contribution in [0.2, 0.25) is 5.02 Å². The van der Waals surface area contributed by atoms with E-state index in [1.165, 1.54) is 30.5 Å². The van der Waals surface area contributed by atoms with E-state index in [1.807, 2.05) is 0 Å². The summed E-state index contributed by atoms with van der Waals surface area (Å²) in [5.41, 5.74) is 1.75. The lowest BCUT2D eigenvalue weighted by Gasteiger charge is -2.15. The van der Waals surface area contributed by atoms with Crippen LogP contribution >= 0.6 is 11.6 Å². The monoisotopic (exact) mass is 497 g/mol. The molecule has 0 aliphatic heterocycles. The molecule has 4 rings (SSSR count). The molecule has 10 heteroatoms. The number of nitrogens with one attached hydrogen (secondary N) is 1. The van der Waals surface area contributed by atoms with Crippen LogP contribution in [0.1, 0.15) is 6.92 Å². The van der Waals surface area contributed by atoms with Crippen molar-refractivity contribution in [1.29, 1.82) is 0 Å². The Bertz CT molecular complexity index is 1370. The second-order valence-electron chi connectivity index (χ2n) is 7.20. The highest BCUT2D eigenvalue weighted by atomic mass is 35.5. The fourth-order valence-electron chi connectivity index (χ4n) is 2.97. The Labute approximate surface area is 203 Å². The first kappa shape index (κ1) is 23.9. The van der Waals surface area contributed by atoms with Crippen LogP contribution in [-0.4, -0.2) is 22.0 Å². The van der Waals surface area contributed by atoms with E-state index in [4.69, 9.17) is 21.1 Å². The lowest BCUT2D eigenvalue weighted by molar-refractivity contribution is -0.122. The van der Waals surface area contributed by atoms with E-state index in [1.54, 1.807) is 49.4 Å². The van der Waals surface area contributed by atoms with Gasteiger partial charge >= 0.3 is 6.01 Å². The summed E-state index contributed by atoms with van der Waals surface area (Å²) in [4.78, 5) is 21.1. The van der Waals surface area contributed by atoms with Gasteiger partial charge in [0.15, 0.2) is 12.4 Å². The van der Waals surface area contributed by atoms with Crippen LogP contribution in [0.15, 0.2) is 85.3 Å². The molecule has 178 valence electrons. The van der Waals surface area contributed by atoms with Gasteiger partial charge in [-0.05, 0) is 73.7 Å². The maximum absolute atomic E-state index is 12.8. The average molecular weight is 498 g/mol. The smallest absolute Gasteiger partial charge is 0.306 e. The number of anilines is 1. The van der Waals surface area contributed by atoms with Gasteiger partial charge in [-0.2, -0.15) is 4.39 Å². The van der Waals surface area contributed by atoms with Crippen molar-refractivity contribution in [3.8, 4) is 23.1 Å². The Morgan fingerprint density at radius 1 is 1.00 bits per heavy atom. The number of halogens is 3. The van der Waals surface area contributed by atoms with Gasteiger partial charge in [-0.15, -0.1) is 0 Å². The third-order valence-corrected chi connectivity index (χ3v) is 4.87. The topological polar surface area (TPSA) is 82.6 Å². The van der Waals surface area contributed by atoms with E-state index in [9.17, 15) is 13.6 Å². The van der Waals surface area contributed by atoms with Crippen LogP contribution < -0.4 is 19.5 Å². The molecule has 1 unspecified atom stereocenters. The van der Waals surface area contributed by atoms with Crippen molar-refractivity contribution in [2.45, 2.75) is 13.0 Å². The minimum Gasteiger partial charge on any atom is -0.481 e. The SMILES string of the molecule is CC(Oc1ccc(Oc2cnc3cc(Cl)ccc3n2)cc1)C(=O)Nc1ccc(O/C(F)=C/F)cc1. The number of hydrogen-bond donors (Lipinski definition) is 1. The fourth-order valence-corrected chi connectivity index (χ4v) is 3.13. The predicted molar refractivity (Wildman–Crippen MR) is 127 cm³/mol. The molecule has 4 aromatic rings. The maximum Gasteiger partial charge on any atom is 0.306 e. The van der Waals surface area contributed by atoms with Gasteiger partial charge in [0, 0.05) is 10.7 Å². The zero-order chi connectivity index (χ0) is 24.8. The molecule has 0 spiro atoms. The number of carbonyl (C=O) groups excluding carboxylic acids is 1. The molecular weight excluding hydrogens is 480 g/mol. The molecule has 0 aliphatic carbocycles. The fraction of sp³-hybridized carbons (Fsp3) is 0.0800. The zero-order valence-corrected chi connectivity index (χ0v) is 19.0. The molecule has 35 heavy (non-hydrogen) atoms. The van der Waals surface area contributed by atoms with Crippen molar-refractivity contribution in [3.05, 3.63) is 90.3 Å². The van der Waals surface area contributed by atoms with E-state index in [-0.39, 0.29) is 12.1 Å². The van der Waals surface area contributed by atoms with Gasteiger partial charge in [0.2, 0.25) is 5.88 Å². The molecule has 0 saturated carbocycles. The first-order chi connectivity index (χ1) is 16.9. The van der Waals surface area contributed by atoms with Crippen LogP contribution in [0.5, 0.6) is 23.1 Å². The van der Waals surface area contributed by atoms with Gasteiger partial charge in [-0.3, -0.25) is 4.79 Å². The molecule has 0 fully saturated rings. The Balaban J connectivity index is 1.32. The molecule has 0 radical (unpaired) electrons. The molecule has 7 nitrogen and oxygen atoms in total. The molecule has 1 atom stereocenters. The predicted octanol–water partition coefficient (Wildman–Crippen LogP) is 6.60. The zero-order valence-electron chi connectivity index (χ0n) is 18.2. The minimum atomic E-state index is -1.37. The highest BCUT2D eigenvalue weighted by Crippen LogP contribution is 2.25. The molecule has 1 amide bonds. The Morgan fingerprint density at radius 3 is 2.40 bits per heavy atom. The Kier molecular flexibility index (Phi) is 7.37. The lowest BCUT2D eigenvalue weighted by Crippen LogP contribution is -2.30. The van der Waals surface area contributed by atoms with Crippen molar-refractivity contribution in [1.82, 2.24) is 9.97 Å². The second kappa shape index (κ2) is 10.8. The van der Waals surface area contributed by atoms with Gasteiger partial charge < -0.3 is 19.5 Å². The molecule has 0 saturated heterocycles. The molecule has 0 bridgehead atoms. The van der Waals surface area contributed by atoms with Gasteiger partial charge in [0.1, 0.15) is 17.2 Å². The maximum atomic E-state index is 12.8. The van der Waals surface area contributed by atoms with E-state index in [0.717, 1.165) is 0 Å². The van der Waals surface area contributed by atoms with E-state index >= 15 is 0 Å². The Hall–Kier alpha value is -4.24. The number of carbonyl (C=O) groups is 1. The first-order valence-electron chi connectivity index (χ1n) is 10.3. The summed E-state index contributed by atoms with van der Waals surface area (Å²) in [5.74, 6) is 0.969. The summed E-state index contributed by atoms with van der Waals surface area (Å²) in [5, 5.41) is 3.24. The number of fused-ring (bicyclic) bond motifs is 1. The van der Waals surface area contributed by atoms with Crippen LogP contribution in [0, 0.1) is 0 Å². The van der Waals surface area contributed by atoms with Crippen molar-refractivity contribution >= 4 is 34.2 Å². The number of benzene rings is 3. The van der Waals surface area contributed by atoms with E-state index < -0.39 is 18.0 Å². The van der Waals surface area contributed by atoms with Crippen LogP contribution in [-0.2, 0) is 4.79 Å². The summed E-state index contributed by atoms with van der Waals surface area (Å²) in [6, 6.07) is 16.3. The number of hydrogen-bond acceptors (Lipinski definition) is 6. The summed E-state index contributed by atoms with van der Waals surface area (Å²) >= 11 is 5.96. The van der Waals surface area contributed by atoms with Gasteiger partial charge in [0.25, 0.3) is 5.91 Å². The van der Waals surface area contributed by atoms with Crippen LogP contribution in [0.3, 0.4) is 0 Å². The van der Waals surface area contributed by atoms with Crippen molar-refractivity contribution in [2.24, 2.45) is 0 Å². The summed E-state index contributed by atoms with van der Waals surface area (Å²) in [7, 11) is 0. The number of rotatable bonds is 8. The average Bonchev–Trinajstić information content (AvgIpc) is 2.86. The first-order valence-corrected chi connectivity index (χ1v) is 10.7. The normalized spacial score (nSPS) is 12.2. The van der Waals surface area contributed by atoms with Crippen LogP contribution in [0.25, 0.3) is 11.0 Å². The molecule has 1 heterocycles. The highest BCUT2D eigenvalue weighted by molar-refractivity contribution is 6.31. The van der Waals surface area contributed by atoms with Crippen molar-refractivity contribution in [2.75, 3.05) is 5.32 Å². The number of nitrogens with zero attached hydrogens (tertiary/aromatic N) is 2. The van der Waals surface area contributed by atoms with Crippen LogP contribution in [0.4, 0.5) is 14.5 Å². The molecule has 3 aromatic carbocycles. The summed E-state index contributed by atoms with van der Waals surface area (Å²) in [6.07, 6.45) is 0.395. The quantitative estimate of drug-likeness (QED) is 0.276. The van der Waals surface area contributed by atoms with E-state index in [0.29, 0.717) is 39.1 Å². The molecule has 1 aromatic heterocycles.